The van der Waals surface area contributed by atoms with Crippen LogP contribution in [-0.4, -0.2) is 28.8 Å². The van der Waals surface area contributed by atoms with Gasteiger partial charge >= 0.3 is 5.97 Å². The van der Waals surface area contributed by atoms with Crippen molar-refractivity contribution >= 4 is 29.5 Å². The molecule has 0 fully saturated rings. The molecule has 6 heteroatoms. The van der Waals surface area contributed by atoms with Crippen molar-refractivity contribution in [1.29, 1.82) is 0 Å². The fraction of sp³-hybridized carbons (Fsp3) is 0.227. The van der Waals surface area contributed by atoms with E-state index < -0.39 is 24.0 Å². The van der Waals surface area contributed by atoms with E-state index in [1.165, 1.54) is 18.7 Å². The molecule has 1 N–H and O–H groups in total. The molecule has 0 aromatic heterocycles. The SMILES string of the molecule is CC(=O)N1C=Cc2ccccc2C1CC(=O)OC(C)C(=O)Nc1ccccc1. The van der Waals surface area contributed by atoms with E-state index in [9.17, 15) is 14.4 Å². The zero-order valence-electron chi connectivity index (χ0n) is 15.8. The number of para-hydroxylation sites is 1. The second-order valence-corrected chi connectivity index (χ2v) is 6.58. The summed E-state index contributed by atoms with van der Waals surface area (Å²) in [6.45, 7) is 2.97. The third kappa shape index (κ3) is 4.46. The number of nitrogens with zero attached hydrogens (tertiary/aromatic N) is 1. The molecule has 0 bridgehead atoms. The Balaban J connectivity index is 1.66. The van der Waals surface area contributed by atoms with Crippen LogP contribution >= 0.6 is 0 Å². The first-order valence-electron chi connectivity index (χ1n) is 9.07. The molecule has 2 atom stereocenters. The van der Waals surface area contributed by atoms with Gasteiger partial charge in [0.1, 0.15) is 0 Å². The number of amides is 2. The van der Waals surface area contributed by atoms with Gasteiger partial charge in [-0.25, -0.2) is 0 Å². The Hall–Kier alpha value is -3.41. The lowest BCUT2D eigenvalue weighted by molar-refractivity contribution is -0.154. The zero-order chi connectivity index (χ0) is 20.1. The quantitative estimate of drug-likeness (QED) is 0.808. The minimum absolute atomic E-state index is 0.0378. The molecule has 0 saturated carbocycles. The predicted octanol–water partition coefficient (Wildman–Crippen LogP) is 3.52. The first-order chi connectivity index (χ1) is 13.5. The van der Waals surface area contributed by atoms with Crippen LogP contribution in [0.15, 0.2) is 60.8 Å². The van der Waals surface area contributed by atoms with Crippen molar-refractivity contribution in [2.75, 3.05) is 5.32 Å². The predicted molar refractivity (Wildman–Crippen MR) is 106 cm³/mol. The van der Waals surface area contributed by atoms with E-state index in [1.807, 2.05) is 36.4 Å². The number of nitrogens with one attached hydrogen (secondary N) is 1. The largest absolute Gasteiger partial charge is 0.452 e. The summed E-state index contributed by atoms with van der Waals surface area (Å²) in [5.74, 6) is -1.12. The Bertz CT molecular complexity index is 908. The Morgan fingerprint density at radius 3 is 2.46 bits per heavy atom. The van der Waals surface area contributed by atoms with Crippen LogP contribution in [0.1, 0.15) is 37.4 Å². The molecular weight excluding hydrogens is 356 g/mol. The lowest BCUT2D eigenvalue weighted by Gasteiger charge is -2.32. The second kappa shape index (κ2) is 8.52. The summed E-state index contributed by atoms with van der Waals surface area (Å²) in [6, 6.07) is 16.1. The van der Waals surface area contributed by atoms with Gasteiger partial charge in [0, 0.05) is 18.8 Å². The van der Waals surface area contributed by atoms with Gasteiger partial charge in [0.15, 0.2) is 6.10 Å². The van der Waals surface area contributed by atoms with Gasteiger partial charge in [-0.3, -0.25) is 14.4 Å². The molecule has 28 heavy (non-hydrogen) atoms. The summed E-state index contributed by atoms with van der Waals surface area (Å²) in [5.41, 5.74) is 2.45. The van der Waals surface area contributed by atoms with Crippen molar-refractivity contribution in [3.8, 4) is 0 Å². The Kier molecular flexibility index (Phi) is 5.89. The monoisotopic (exact) mass is 378 g/mol. The summed E-state index contributed by atoms with van der Waals surface area (Å²) in [6.07, 6.45) is 2.53. The number of hydrogen-bond acceptors (Lipinski definition) is 4. The summed E-state index contributed by atoms with van der Waals surface area (Å²) < 4.78 is 5.32. The van der Waals surface area contributed by atoms with Gasteiger partial charge < -0.3 is 15.0 Å². The smallest absolute Gasteiger partial charge is 0.309 e. The summed E-state index contributed by atoms with van der Waals surface area (Å²) in [4.78, 5) is 38.2. The van der Waals surface area contributed by atoms with Gasteiger partial charge in [0.05, 0.1) is 12.5 Å². The second-order valence-electron chi connectivity index (χ2n) is 6.58. The lowest BCUT2D eigenvalue weighted by Crippen LogP contribution is -2.34. The number of ether oxygens (including phenoxy) is 1. The van der Waals surface area contributed by atoms with Crippen LogP contribution in [0.4, 0.5) is 5.69 Å². The van der Waals surface area contributed by atoms with E-state index in [-0.39, 0.29) is 12.3 Å². The standard InChI is InChI=1S/C22H22N2O4/c1-15(22(27)23-18-9-4-3-5-10-18)28-21(26)14-20-19-11-7-6-8-17(19)12-13-24(20)16(2)25/h3-13,15,20H,14H2,1-2H3,(H,23,27). The van der Waals surface area contributed by atoms with Gasteiger partial charge in [0.25, 0.3) is 5.91 Å². The molecule has 2 aromatic carbocycles. The molecule has 1 aliphatic rings. The molecule has 1 heterocycles. The van der Waals surface area contributed by atoms with Gasteiger partial charge in [0.2, 0.25) is 5.91 Å². The number of benzene rings is 2. The average Bonchev–Trinajstić information content (AvgIpc) is 2.68. The van der Waals surface area contributed by atoms with Crippen LogP contribution in [0.25, 0.3) is 6.08 Å². The zero-order valence-corrected chi connectivity index (χ0v) is 15.8. The molecular formula is C22H22N2O4. The number of esters is 1. The van der Waals surface area contributed by atoms with Crippen molar-refractivity contribution in [3.05, 3.63) is 71.9 Å². The number of fused-ring (bicyclic) bond motifs is 1. The molecule has 144 valence electrons. The fourth-order valence-electron chi connectivity index (χ4n) is 3.14. The lowest BCUT2D eigenvalue weighted by atomic mass is 9.94. The molecule has 0 aliphatic carbocycles. The van der Waals surface area contributed by atoms with Crippen LogP contribution in [-0.2, 0) is 19.1 Å². The van der Waals surface area contributed by atoms with Crippen LogP contribution in [0.2, 0.25) is 0 Å². The minimum Gasteiger partial charge on any atom is -0.452 e. The highest BCUT2D eigenvalue weighted by Gasteiger charge is 2.30. The molecule has 1 aliphatic heterocycles. The number of hydrogen-bond donors (Lipinski definition) is 1. The molecule has 6 nitrogen and oxygen atoms in total. The summed E-state index contributed by atoms with van der Waals surface area (Å²) in [7, 11) is 0. The average molecular weight is 378 g/mol. The third-order valence-electron chi connectivity index (χ3n) is 4.55. The van der Waals surface area contributed by atoms with Crippen LogP contribution in [0, 0.1) is 0 Å². The van der Waals surface area contributed by atoms with E-state index in [1.54, 1.807) is 30.5 Å². The van der Waals surface area contributed by atoms with E-state index >= 15 is 0 Å². The van der Waals surface area contributed by atoms with E-state index in [4.69, 9.17) is 4.74 Å². The van der Waals surface area contributed by atoms with Crippen molar-refractivity contribution in [1.82, 2.24) is 4.90 Å². The fourth-order valence-corrected chi connectivity index (χ4v) is 3.14. The van der Waals surface area contributed by atoms with Crippen molar-refractivity contribution < 1.29 is 19.1 Å². The topological polar surface area (TPSA) is 75.7 Å². The van der Waals surface area contributed by atoms with Crippen LogP contribution in [0.5, 0.6) is 0 Å². The summed E-state index contributed by atoms with van der Waals surface area (Å²) in [5, 5.41) is 2.70. The molecule has 2 aromatic rings. The van der Waals surface area contributed by atoms with Gasteiger partial charge in [-0.1, -0.05) is 42.5 Å². The number of carbonyl (C=O) groups is 3. The highest BCUT2D eigenvalue weighted by atomic mass is 16.5. The summed E-state index contributed by atoms with van der Waals surface area (Å²) >= 11 is 0. The van der Waals surface area contributed by atoms with Gasteiger partial charge in [-0.2, -0.15) is 0 Å². The first-order valence-corrected chi connectivity index (χ1v) is 9.07. The van der Waals surface area contributed by atoms with E-state index in [0.717, 1.165) is 11.1 Å². The normalized spacial score (nSPS) is 16.1. The molecule has 3 rings (SSSR count). The number of carbonyl (C=O) groups excluding carboxylic acids is 3. The maximum absolute atomic E-state index is 12.5. The van der Waals surface area contributed by atoms with Crippen LogP contribution < -0.4 is 5.32 Å². The molecule has 0 spiro atoms. The van der Waals surface area contributed by atoms with Crippen molar-refractivity contribution in [2.24, 2.45) is 0 Å². The molecule has 2 unspecified atom stereocenters. The van der Waals surface area contributed by atoms with Gasteiger partial charge in [-0.05, 0) is 36.3 Å². The maximum atomic E-state index is 12.5. The Labute approximate surface area is 163 Å². The molecule has 0 radical (unpaired) electrons. The molecule has 2 amide bonds. The molecule has 0 saturated heterocycles. The minimum atomic E-state index is -0.951. The number of rotatable bonds is 5. The highest BCUT2D eigenvalue weighted by Crippen LogP contribution is 2.33. The maximum Gasteiger partial charge on any atom is 0.309 e. The first kappa shape index (κ1) is 19.4. The number of anilines is 1. The van der Waals surface area contributed by atoms with Crippen LogP contribution in [0.3, 0.4) is 0 Å². The third-order valence-corrected chi connectivity index (χ3v) is 4.55. The van der Waals surface area contributed by atoms with Crippen molar-refractivity contribution in [2.45, 2.75) is 32.4 Å². The van der Waals surface area contributed by atoms with Crippen molar-refractivity contribution in [3.63, 3.8) is 0 Å². The Morgan fingerprint density at radius 2 is 1.75 bits per heavy atom. The van der Waals surface area contributed by atoms with E-state index in [2.05, 4.69) is 5.32 Å². The van der Waals surface area contributed by atoms with Gasteiger partial charge in [-0.15, -0.1) is 0 Å². The highest BCUT2D eigenvalue weighted by molar-refractivity contribution is 5.95. The Morgan fingerprint density at radius 1 is 1.07 bits per heavy atom. The van der Waals surface area contributed by atoms with E-state index in [0.29, 0.717) is 5.69 Å².